The van der Waals surface area contributed by atoms with Gasteiger partial charge >= 0.3 is 0 Å². The number of halogens is 1. The van der Waals surface area contributed by atoms with Gasteiger partial charge in [-0.3, -0.25) is 9.48 Å². The lowest BCUT2D eigenvalue weighted by atomic mass is 10.1. The van der Waals surface area contributed by atoms with E-state index in [-0.39, 0.29) is 11.9 Å². The SMILES string of the molecule is CCCn1ncc(Cl)c1C(=O)C1CCC(CN)O1. The number of nitrogens with zero attached hydrogens (tertiary/aromatic N) is 2. The predicted octanol–water partition coefficient (Wildman–Crippen LogP) is 1.64. The number of nitrogens with two attached hydrogens (primary N) is 1. The summed E-state index contributed by atoms with van der Waals surface area (Å²) in [5.74, 6) is -0.0816. The molecule has 1 aromatic rings. The fourth-order valence-corrected chi connectivity index (χ4v) is 2.45. The molecule has 18 heavy (non-hydrogen) atoms. The number of aryl methyl sites for hydroxylation is 1. The van der Waals surface area contributed by atoms with Crippen LogP contribution in [0.4, 0.5) is 0 Å². The van der Waals surface area contributed by atoms with Crippen LogP contribution < -0.4 is 5.73 Å². The van der Waals surface area contributed by atoms with E-state index in [1.54, 1.807) is 4.68 Å². The molecule has 100 valence electrons. The smallest absolute Gasteiger partial charge is 0.211 e. The van der Waals surface area contributed by atoms with Gasteiger partial charge in [0.05, 0.1) is 17.3 Å². The summed E-state index contributed by atoms with van der Waals surface area (Å²) in [4.78, 5) is 12.4. The van der Waals surface area contributed by atoms with Crippen molar-refractivity contribution in [3.8, 4) is 0 Å². The van der Waals surface area contributed by atoms with E-state index < -0.39 is 6.10 Å². The minimum Gasteiger partial charge on any atom is -0.365 e. The van der Waals surface area contributed by atoms with E-state index in [2.05, 4.69) is 5.10 Å². The average Bonchev–Trinajstić information content (AvgIpc) is 2.96. The second-order valence-corrected chi connectivity index (χ2v) is 4.90. The normalized spacial score (nSPS) is 23.5. The van der Waals surface area contributed by atoms with Gasteiger partial charge in [0.1, 0.15) is 11.8 Å². The molecule has 2 atom stereocenters. The first-order valence-corrected chi connectivity index (χ1v) is 6.66. The zero-order valence-corrected chi connectivity index (χ0v) is 11.2. The molecule has 6 heteroatoms. The fourth-order valence-electron chi connectivity index (χ4n) is 2.21. The number of ketones is 1. The summed E-state index contributed by atoms with van der Waals surface area (Å²) in [6, 6.07) is 0. The lowest BCUT2D eigenvalue weighted by Crippen LogP contribution is -2.27. The lowest BCUT2D eigenvalue weighted by molar-refractivity contribution is 0.0396. The van der Waals surface area contributed by atoms with Gasteiger partial charge in [-0.15, -0.1) is 0 Å². The average molecular weight is 272 g/mol. The second-order valence-electron chi connectivity index (χ2n) is 4.49. The highest BCUT2D eigenvalue weighted by atomic mass is 35.5. The summed E-state index contributed by atoms with van der Waals surface area (Å²) in [5.41, 5.74) is 6.00. The lowest BCUT2D eigenvalue weighted by Gasteiger charge is -2.12. The maximum atomic E-state index is 12.4. The van der Waals surface area contributed by atoms with Crippen molar-refractivity contribution in [2.45, 2.75) is 44.9 Å². The topological polar surface area (TPSA) is 70.1 Å². The van der Waals surface area contributed by atoms with E-state index in [1.807, 2.05) is 6.92 Å². The highest BCUT2D eigenvalue weighted by Gasteiger charge is 2.33. The number of aromatic nitrogens is 2. The fraction of sp³-hybridized carbons (Fsp3) is 0.667. The summed E-state index contributed by atoms with van der Waals surface area (Å²) in [7, 11) is 0. The Morgan fingerprint density at radius 2 is 2.44 bits per heavy atom. The molecular formula is C12H18ClN3O2. The Morgan fingerprint density at radius 1 is 1.67 bits per heavy atom. The van der Waals surface area contributed by atoms with E-state index in [0.29, 0.717) is 30.2 Å². The molecule has 0 radical (unpaired) electrons. The first-order chi connectivity index (χ1) is 8.67. The van der Waals surface area contributed by atoms with Crippen LogP contribution in [-0.2, 0) is 11.3 Å². The number of rotatable bonds is 5. The molecule has 0 aromatic carbocycles. The highest BCUT2D eigenvalue weighted by molar-refractivity contribution is 6.33. The van der Waals surface area contributed by atoms with Crippen LogP contribution in [-0.4, -0.2) is 34.3 Å². The number of carbonyl (C=O) groups is 1. The molecular weight excluding hydrogens is 254 g/mol. The van der Waals surface area contributed by atoms with Crippen LogP contribution in [0, 0.1) is 0 Å². The number of carbonyl (C=O) groups excluding carboxylic acids is 1. The zero-order valence-electron chi connectivity index (χ0n) is 10.4. The van der Waals surface area contributed by atoms with Crippen molar-refractivity contribution in [1.82, 2.24) is 9.78 Å². The minimum absolute atomic E-state index is 0.0136. The molecule has 1 fully saturated rings. The minimum atomic E-state index is -0.427. The molecule has 0 aliphatic carbocycles. The van der Waals surface area contributed by atoms with Crippen molar-refractivity contribution in [3.05, 3.63) is 16.9 Å². The molecule has 0 saturated carbocycles. The van der Waals surface area contributed by atoms with Crippen LogP contribution in [0.2, 0.25) is 5.02 Å². The Kier molecular flexibility index (Phi) is 4.37. The molecule has 5 nitrogen and oxygen atoms in total. The zero-order chi connectivity index (χ0) is 13.1. The third-order valence-electron chi connectivity index (χ3n) is 3.13. The Hall–Kier alpha value is -0.910. The van der Waals surface area contributed by atoms with E-state index in [9.17, 15) is 4.79 Å². The van der Waals surface area contributed by atoms with Crippen LogP contribution in [0.1, 0.15) is 36.7 Å². The van der Waals surface area contributed by atoms with Crippen LogP contribution >= 0.6 is 11.6 Å². The Labute approximate surface area is 111 Å². The molecule has 2 unspecified atom stereocenters. The van der Waals surface area contributed by atoms with Crippen molar-refractivity contribution < 1.29 is 9.53 Å². The Bertz CT molecular complexity index is 433. The molecule has 1 aliphatic heterocycles. The molecule has 0 bridgehead atoms. The van der Waals surface area contributed by atoms with Gasteiger partial charge in [0.25, 0.3) is 0 Å². The van der Waals surface area contributed by atoms with Gasteiger partial charge in [-0.25, -0.2) is 0 Å². The Balaban J connectivity index is 2.16. The van der Waals surface area contributed by atoms with Gasteiger partial charge in [0.15, 0.2) is 0 Å². The number of hydrogen-bond donors (Lipinski definition) is 1. The number of ether oxygens (including phenoxy) is 1. The number of Topliss-reactive ketones (excluding diaryl/α,β-unsaturated/α-hetero) is 1. The van der Waals surface area contributed by atoms with Gasteiger partial charge in [0.2, 0.25) is 5.78 Å². The maximum absolute atomic E-state index is 12.4. The largest absolute Gasteiger partial charge is 0.365 e. The number of hydrogen-bond acceptors (Lipinski definition) is 4. The summed E-state index contributed by atoms with van der Waals surface area (Å²) in [5, 5.41) is 4.52. The van der Waals surface area contributed by atoms with Gasteiger partial charge < -0.3 is 10.5 Å². The predicted molar refractivity (Wildman–Crippen MR) is 68.8 cm³/mol. The van der Waals surface area contributed by atoms with E-state index in [1.165, 1.54) is 6.20 Å². The van der Waals surface area contributed by atoms with Crippen LogP contribution in [0.3, 0.4) is 0 Å². The van der Waals surface area contributed by atoms with Gasteiger partial charge in [0, 0.05) is 13.1 Å². The first-order valence-electron chi connectivity index (χ1n) is 6.28. The van der Waals surface area contributed by atoms with Gasteiger partial charge in [-0.1, -0.05) is 18.5 Å². The molecule has 2 N–H and O–H groups in total. The van der Waals surface area contributed by atoms with Gasteiger partial charge in [-0.2, -0.15) is 5.10 Å². The quantitative estimate of drug-likeness (QED) is 0.827. The summed E-state index contributed by atoms with van der Waals surface area (Å²) >= 11 is 6.04. The van der Waals surface area contributed by atoms with Crippen LogP contribution in [0.25, 0.3) is 0 Å². The van der Waals surface area contributed by atoms with E-state index in [0.717, 1.165) is 12.8 Å². The molecule has 2 rings (SSSR count). The van der Waals surface area contributed by atoms with Gasteiger partial charge in [-0.05, 0) is 19.3 Å². The second kappa shape index (κ2) is 5.82. The standard InChI is InChI=1S/C12H18ClN3O2/c1-2-5-16-11(9(13)7-15-16)12(17)10-4-3-8(6-14)18-10/h7-8,10H,2-6,14H2,1H3. The van der Waals surface area contributed by atoms with Crippen molar-refractivity contribution in [1.29, 1.82) is 0 Å². The van der Waals surface area contributed by atoms with Crippen molar-refractivity contribution >= 4 is 17.4 Å². The first kappa shape index (κ1) is 13.5. The third-order valence-corrected chi connectivity index (χ3v) is 3.40. The molecule has 2 heterocycles. The van der Waals surface area contributed by atoms with Crippen molar-refractivity contribution in [2.24, 2.45) is 5.73 Å². The molecule has 1 saturated heterocycles. The molecule has 0 spiro atoms. The van der Waals surface area contributed by atoms with Crippen LogP contribution in [0.5, 0.6) is 0 Å². The van der Waals surface area contributed by atoms with Crippen molar-refractivity contribution in [3.63, 3.8) is 0 Å². The highest BCUT2D eigenvalue weighted by Crippen LogP contribution is 2.25. The summed E-state index contributed by atoms with van der Waals surface area (Å²) in [6.45, 7) is 3.16. The monoisotopic (exact) mass is 271 g/mol. The summed E-state index contributed by atoms with van der Waals surface area (Å²) in [6.07, 6.45) is 3.50. The third kappa shape index (κ3) is 2.58. The summed E-state index contributed by atoms with van der Waals surface area (Å²) < 4.78 is 7.27. The Morgan fingerprint density at radius 3 is 3.06 bits per heavy atom. The van der Waals surface area contributed by atoms with E-state index in [4.69, 9.17) is 22.1 Å². The molecule has 1 aromatic heterocycles. The molecule has 0 amide bonds. The molecule has 1 aliphatic rings. The van der Waals surface area contributed by atoms with Crippen molar-refractivity contribution in [2.75, 3.05) is 6.54 Å². The maximum Gasteiger partial charge on any atom is 0.211 e. The van der Waals surface area contributed by atoms with E-state index >= 15 is 0 Å². The van der Waals surface area contributed by atoms with Crippen LogP contribution in [0.15, 0.2) is 6.20 Å².